The van der Waals surface area contributed by atoms with E-state index in [4.69, 9.17) is 4.74 Å². The largest absolute Gasteiger partial charge is 0.493 e. The molecule has 0 radical (unpaired) electrons. The summed E-state index contributed by atoms with van der Waals surface area (Å²) in [6.07, 6.45) is 0. The molecule has 168 valence electrons. The van der Waals surface area contributed by atoms with Gasteiger partial charge >= 0.3 is 0 Å². The molecule has 3 aromatic rings. The Bertz CT molecular complexity index is 1190. The number of para-hydroxylation sites is 1. The summed E-state index contributed by atoms with van der Waals surface area (Å²) in [6.45, 7) is 8.79. The van der Waals surface area contributed by atoms with Crippen LogP contribution in [0.4, 0.5) is 11.4 Å². The average molecular weight is 441 g/mol. The van der Waals surface area contributed by atoms with E-state index in [0.29, 0.717) is 29.3 Å². The van der Waals surface area contributed by atoms with E-state index in [1.165, 1.54) is 4.90 Å². The first-order valence-electron chi connectivity index (χ1n) is 11.1. The van der Waals surface area contributed by atoms with Crippen molar-refractivity contribution in [1.82, 2.24) is 0 Å². The molecule has 1 aliphatic rings. The molecule has 0 bridgehead atoms. The van der Waals surface area contributed by atoms with Gasteiger partial charge in [0, 0.05) is 5.69 Å². The van der Waals surface area contributed by atoms with E-state index in [1.807, 2.05) is 68.4 Å². The average Bonchev–Trinajstić information content (AvgIpc) is 3.02. The summed E-state index contributed by atoms with van der Waals surface area (Å²) < 4.78 is 5.78. The van der Waals surface area contributed by atoms with Gasteiger partial charge < -0.3 is 10.1 Å². The number of ether oxygens (including phenoxy) is 1. The van der Waals surface area contributed by atoms with Crippen LogP contribution < -0.4 is 15.0 Å². The lowest BCUT2D eigenvalue weighted by molar-refractivity contribution is -0.120. The number of carbonyl (C=O) groups excluding carboxylic acids is 2. The van der Waals surface area contributed by atoms with E-state index >= 15 is 0 Å². The summed E-state index contributed by atoms with van der Waals surface area (Å²) >= 11 is 0. The maximum absolute atomic E-state index is 13.5. The second-order valence-corrected chi connectivity index (χ2v) is 8.76. The van der Waals surface area contributed by atoms with Crippen LogP contribution in [0.5, 0.6) is 5.75 Å². The van der Waals surface area contributed by atoms with Gasteiger partial charge in [-0.25, -0.2) is 4.90 Å². The van der Waals surface area contributed by atoms with Gasteiger partial charge in [-0.15, -0.1) is 0 Å². The van der Waals surface area contributed by atoms with Crippen LogP contribution in [0.2, 0.25) is 0 Å². The number of amides is 2. The Labute approximate surface area is 194 Å². The fourth-order valence-electron chi connectivity index (χ4n) is 3.90. The highest BCUT2D eigenvalue weighted by Crippen LogP contribution is 2.34. The smallest absolute Gasteiger partial charge is 0.282 e. The van der Waals surface area contributed by atoms with Gasteiger partial charge in [0.15, 0.2) is 0 Å². The van der Waals surface area contributed by atoms with Crippen molar-refractivity contribution in [2.24, 2.45) is 5.92 Å². The maximum atomic E-state index is 13.5. The summed E-state index contributed by atoms with van der Waals surface area (Å²) in [5.41, 5.74) is 4.73. The van der Waals surface area contributed by atoms with Crippen LogP contribution in [0.1, 0.15) is 30.5 Å². The number of aryl methyl sites for hydroxylation is 2. The van der Waals surface area contributed by atoms with Crippen molar-refractivity contribution >= 4 is 28.8 Å². The molecule has 1 N–H and O–H groups in total. The van der Waals surface area contributed by atoms with E-state index in [9.17, 15) is 9.59 Å². The molecule has 0 atom stereocenters. The molecule has 0 aromatic heterocycles. The SMILES string of the molecule is Cc1cc(C)cc(NC2=C(c3ccc(OCC(C)C)cc3)C(=O)N(c3ccccc3)C2=O)c1. The van der Waals surface area contributed by atoms with Gasteiger partial charge in [0.05, 0.1) is 17.9 Å². The van der Waals surface area contributed by atoms with Gasteiger partial charge in [0.2, 0.25) is 0 Å². The Morgan fingerprint density at radius 1 is 0.848 bits per heavy atom. The zero-order chi connectivity index (χ0) is 23.5. The summed E-state index contributed by atoms with van der Waals surface area (Å²) in [6, 6.07) is 22.3. The standard InChI is InChI=1S/C28H28N2O3/c1-18(2)17-33-24-12-10-21(11-13-24)25-26(29-22-15-19(3)14-20(4)16-22)28(32)30(27(25)31)23-8-6-5-7-9-23/h5-16,18,29H,17H2,1-4H3. The highest BCUT2D eigenvalue weighted by molar-refractivity contribution is 6.46. The van der Waals surface area contributed by atoms with Gasteiger partial charge in [-0.3, -0.25) is 9.59 Å². The van der Waals surface area contributed by atoms with Crippen molar-refractivity contribution in [3.05, 3.63) is 95.2 Å². The first kappa shape index (κ1) is 22.3. The van der Waals surface area contributed by atoms with Crippen LogP contribution in [0.25, 0.3) is 5.57 Å². The Kier molecular flexibility index (Phi) is 6.31. The number of nitrogens with one attached hydrogen (secondary N) is 1. The third-order valence-corrected chi connectivity index (χ3v) is 5.32. The van der Waals surface area contributed by atoms with Gasteiger partial charge in [-0.2, -0.15) is 0 Å². The molecule has 2 amide bonds. The Morgan fingerprint density at radius 2 is 1.48 bits per heavy atom. The van der Waals surface area contributed by atoms with E-state index in [-0.39, 0.29) is 17.5 Å². The lowest BCUT2D eigenvalue weighted by Crippen LogP contribution is -2.32. The van der Waals surface area contributed by atoms with Crippen molar-refractivity contribution in [2.45, 2.75) is 27.7 Å². The zero-order valence-corrected chi connectivity index (χ0v) is 19.4. The maximum Gasteiger partial charge on any atom is 0.282 e. The molecule has 0 fully saturated rings. The Morgan fingerprint density at radius 3 is 2.09 bits per heavy atom. The first-order valence-corrected chi connectivity index (χ1v) is 11.1. The second kappa shape index (κ2) is 9.33. The van der Waals surface area contributed by atoms with E-state index in [0.717, 1.165) is 22.6 Å². The molecule has 1 heterocycles. The number of rotatable bonds is 7. The fourth-order valence-corrected chi connectivity index (χ4v) is 3.90. The molecule has 0 unspecified atom stereocenters. The van der Waals surface area contributed by atoms with E-state index in [2.05, 4.69) is 25.2 Å². The predicted molar refractivity (Wildman–Crippen MR) is 132 cm³/mol. The summed E-state index contributed by atoms with van der Waals surface area (Å²) in [5.74, 6) is 0.414. The third-order valence-electron chi connectivity index (χ3n) is 5.32. The highest BCUT2D eigenvalue weighted by Gasteiger charge is 2.40. The third kappa shape index (κ3) is 4.82. The van der Waals surface area contributed by atoms with Gasteiger partial charge in [0.25, 0.3) is 11.8 Å². The minimum atomic E-state index is -0.375. The molecule has 5 heteroatoms. The summed E-state index contributed by atoms with van der Waals surface area (Å²) in [4.78, 5) is 28.2. The van der Waals surface area contributed by atoms with E-state index in [1.54, 1.807) is 12.1 Å². The first-order chi connectivity index (χ1) is 15.8. The number of anilines is 2. The lowest BCUT2D eigenvalue weighted by atomic mass is 10.0. The molecule has 5 nitrogen and oxygen atoms in total. The quantitative estimate of drug-likeness (QED) is 0.476. The van der Waals surface area contributed by atoms with Crippen molar-refractivity contribution in [2.75, 3.05) is 16.8 Å². The number of nitrogens with zero attached hydrogens (tertiary/aromatic N) is 1. The fraction of sp³-hybridized carbons (Fsp3) is 0.214. The number of carbonyl (C=O) groups is 2. The molecule has 1 aliphatic heterocycles. The number of hydrogen-bond acceptors (Lipinski definition) is 4. The van der Waals surface area contributed by atoms with Crippen molar-refractivity contribution in [3.63, 3.8) is 0 Å². The van der Waals surface area contributed by atoms with Crippen molar-refractivity contribution in [3.8, 4) is 5.75 Å². The van der Waals surface area contributed by atoms with Crippen molar-refractivity contribution in [1.29, 1.82) is 0 Å². The molecular weight excluding hydrogens is 412 g/mol. The van der Waals surface area contributed by atoms with Gasteiger partial charge in [-0.1, -0.05) is 50.2 Å². The van der Waals surface area contributed by atoms with Crippen LogP contribution in [0, 0.1) is 19.8 Å². The highest BCUT2D eigenvalue weighted by atomic mass is 16.5. The number of benzene rings is 3. The van der Waals surface area contributed by atoms with Gasteiger partial charge in [-0.05, 0) is 72.9 Å². The monoisotopic (exact) mass is 440 g/mol. The molecule has 0 saturated heterocycles. The zero-order valence-electron chi connectivity index (χ0n) is 19.4. The number of hydrogen-bond donors (Lipinski definition) is 1. The minimum Gasteiger partial charge on any atom is -0.493 e. The predicted octanol–water partition coefficient (Wildman–Crippen LogP) is 5.73. The van der Waals surface area contributed by atoms with E-state index < -0.39 is 0 Å². The second-order valence-electron chi connectivity index (χ2n) is 8.76. The topological polar surface area (TPSA) is 58.6 Å². The molecule has 0 saturated carbocycles. The molecule has 0 spiro atoms. The molecule has 4 rings (SSSR count). The van der Waals surface area contributed by atoms with Gasteiger partial charge in [0.1, 0.15) is 11.4 Å². The van der Waals surface area contributed by atoms with Crippen LogP contribution in [-0.4, -0.2) is 18.4 Å². The normalized spacial score (nSPS) is 13.8. The lowest BCUT2D eigenvalue weighted by Gasteiger charge is -2.15. The van der Waals surface area contributed by atoms with Crippen LogP contribution in [0.3, 0.4) is 0 Å². The summed E-state index contributed by atoms with van der Waals surface area (Å²) in [5, 5.41) is 3.24. The molecule has 33 heavy (non-hydrogen) atoms. The number of imide groups is 1. The Balaban J connectivity index is 1.75. The molecule has 3 aromatic carbocycles. The van der Waals surface area contributed by atoms with Crippen LogP contribution >= 0.6 is 0 Å². The van der Waals surface area contributed by atoms with Crippen molar-refractivity contribution < 1.29 is 14.3 Å². The Hall–Kier alpha value is -3.86. The minimum absolute atomic E-state index is 0.268. The summed E-state index contributed by atoms with van der Waals surface area (Å²) in [7, 11) is 0. The van der Waals surface area contributed by atoms with Crippen LogP contribution in [0.15, 0.2) is 78.5 Å². The molecule has 0 aliphatic carbocycles. The molecular formula is C28H28N2O3. The van der Waals surface area contributed by atoms with Crippen LogP contribution in [-0.2, 0) is 9.59 Å².